The molecule has 0 aromatic rings. The Labute approximate surface area is 70.4 Å². The number of carboxylic acids is 1. The molecule has 2 N–H and O–H groups in total. The highest BCUT2D eigenvalue weighted by molar-refractivity contribution is 5.85. The van der Waals surface area contributed by atoms with Crippen LogP contribution >= 0.6 is 0 Å². The number of carboxylic acid groups (broad SMARTS) is 1. The zero-order valence-electron chi connectivity index (χ0n) is 6.91. The summed E-state index contributed by atoms with van der Waals surface area (Å²) in [7, 11) is 0. The number of amides is 1. The van der Waals surface area contributed by atoms with Crippen LogP contribution in [-0.2, 0) is 9.59 Å². The maximum atomic E-state index is 11.3. The van der Waals surface area contributed by atoms with Crippen molar-refractivity contribution in [2.24, 2.45) is 0 Å². The predicted molar refractivity (Wildman–Crippen MR) is 41.7 cm³/mol. The molecular weight excluding hydrogens is 160 g/mol. The third-order valence-electron chi connectivity index (χ3n) is 1.84. The van der Waals surface area contributed by atoms with Gasteiger partial charge in [0, 0.05) is 13.1 Å². The molecule has 0 aromatic carbocycles. The van der Waals surface area contributed by atoms with Crippen molar-refractivity contribution in [1.29, 1.82) is 0 Å². The summed E-state index contributed by atoms with van der Waals surface area (Å²) in [5.41, 5.74) is 0. The van der Waals surface area contributed by atoms with E-state index in [1.165, 1.54) is 4.90 Å². The van der Waals surface area contributed by atoms with Crippen LogP contribution < -0.4 is 5.32 Å². The third kappa shape index (κ3) is 1.94. The molecule has 1 atom stereocenters. The number of piperazine rings is 1. The van der Waals surface area contributed by atoms with Crippen LogP contribution in [-0.4, -0.2) is 47.6 Å². The number of aliphatic carboxylic acids is 1. The van der Waals surface area contributed by atoms with Crippen LogP contribution in [0.2, 0.25) is 0 Å². The van der Waals surface area contributed by atoms with Crippen LogP contribution in [0.3, 0.4) is 0 Å². The van der Waals surface area contributed by atoms with Crippen molar-refractivity contribution in [2.75, 3.05) is 19.6 Å². The molecule has 12 heavy (non-hydrogen) atoms. The maximum absolute atomic E-state index is 11.3. The molecule has 1 aliphatic heterocycles. The third-order valence-corrected chi connectivity index (χ3v) is 1.84. The van der Waals surface area contributed by atoms with Gasteiger partial charge in [0.05, 0.1) is 6.04 Å². The highest BCUT2D eigenvalue weighted by Gasteiger charge is 2.25. The van der Waals surface area contributed by atoms with Gasteiger partial charge in [0.2, 0.25) is 5.91 Å². The van der Waals surface area contributed by atoms with Crippen molar-refractivity contribution < 1.29 is 14.7 Å². The van der Waals surface area contributed by atoms with Crippen LogP contribution in [0.4, 0.5) is 0 Å². The Kier molecular flexibility index (Phi) is 2.65. The first-order valence-electron chi connectivity index (χ1n) is 3.85. The van der Waals surface area contributed by atoms with Gasteiger partial charge in [-0.2, -0.15) is 0 Å². The standard InChI is InChI=1S/C7H12N2O3/c1-5-7(12)9(3-2-8-5)4-6(10)11/h5,8H,2-4H2,1H3,(H,10,11)/t5-/m0/s1. The van der Waals surface area contributed by atoms with Gasteiger partial charge in [-0.05, 0) is 6.92 Å². The second kappa shape index (κ2) is 3.53. The van der Waals surface area contributed by atoms with Crippen molar-refractivity contribution in [1.82, 2.24) is 10.2 Å². The quantitative estimate of drug-likeness (QED) is 0.554. The minimum absolute atomic E-state index is 0.136. The van der Waals surface area contributed by atoms with Crippen molar-refractivity contribution in [3.05, 3.63) is 0 Å². The molecule has 0 aliphatic carbocycles. The summed E-state index contributed by atoms with van der Waals surface area (Å²) in [6, 6.07) is -0.252. The van der Waals surface area contributed by atoms with Crippen LogP contribution in [0.25, 0.3) is 0 Å². The lowest BCUT2D eigenvalue weighted by atomic mass is 10.2. The number of hydrogen-bond donors (Lipinski definition) is 2. The summed E-state index contributed by atoms with van der Waals surface area (Å²) in [6.07, 6.45) is 0. The molecule has 0 radical (unpaired) electrons. The fraction of sp³-hybridized carbons (Fsp3) is 0.714. The molecule has 0 unspecified atom stereocenters. The Balaban J connectivity index is 2.52. The molecule has 1 amide bonds. The van der Waals surface area contributed by atoms with E-state index in [-0.39, 0.29) is 18.5 Å². The minimum Gasteiger partial charge on any atom is -0.480 e. The van der Waals surface area contributed by atoms with E-state index < -0.39 is 5.97 Å². The van der Waals surface area contributed by atoms with E-state index in [1.807, 2.05) is 0 Å². The van der Waals surface area contributed by atoms with Gasteiger partial charge in [0.15, 0.2) is 0 Å². The summed E-state index contributed by atoms with van der Waals surface area (Å²) < 4.78 is 0. The molecule has 0 bridgehead atoms. The van der Waals surface area contributed by atoms with Crippen LogP contribution in [0.5, 0.6) is 0 Å². The van der Waals surface area contributed by atoms with E-state index in [4.69, 9.17) is 5.11 Å². The zero-order valence-corrected chi connectivity index (χ0v) is 6.91. The van der Waals surface area contributed by atoms with Gasteiger partial charge >= 0.3 is 5.97 Å². The molecule has 1 heterocycles. The average Bonchev–Trinajstić information content (AvgIpc) is 1.98. The Morgan fingerprint density at radius 3 is 3.08 bits per heavy atom. The molecule has 1 fully saturated rings. The number of hydrogen-bond acceptors (Lipinski definition) is 3. The van der Waals surface area contributed by atoms with Crippen molar-refractivity contribution in [3.63, 3.8) is 0 Å². The molecule has 1 rings (SSSR count). The second-order valence-corrected chi connectivity index (χ2v) is 2.83. The molecule has 1 aliphatic rings. The molecule has 5 heteroatoms. The van der Waals surface area contributed by atoms with Crippen LogP contribution in [0.1, 0.15) is 6.92 Å². The van der Waals surface area contributed by atoms with Crippen molar-refractivity contribution in [3.8, 4) is 0 Å². The highest BCUT2D eigenvalue weighted by atomic mass is 16.4. The predicted octanol–water partition coefficient (Wildman–Crippen LogP) is -1.11. The molecular formula is C7H12N2O3. The zero-order chi connectivity index (χ0) is 9.14. The van der Waals surface area contributed by atoms with Gasteiger partial charge in [-0.1, -0.05) is 0 Å². The monoisotopic (exact) mass is 172 g/mol. The highest BCUT2D eigenvalue weighted by Crippen LogP contribution is 1.99. The summed E-state index contributed by atoms with van der Waals surface area (Å²) in [5, 5.41) is 11.4. The first kappa shape index (κ1) is 8.99. The fourth-order valence-electron chi connectivity index (χ4n) is 1.21. The lowest BCUT2D eigenvalue weighted by molar-refractivity contribution is -0.146. The lowest BCUT2D eigenvalue weighted by Crippen LogP contribution is -2.54. The Morgan fingerprint density at radius 2 is 2.50 bits per heavy atom. The van der Waals surface area contributed by atoms with Crippen molar-refractivity contribution >= 4 is 11.9 Å². The normalized spacial score (nSPS) is 24.2. The number of nitrogens with one attached hydrogen (secondary N) is 1. The first-order chi connectivity index (χ1) is 5.61. The van der Waals surface area contributed by atoms with E-state index in [0.717, 1.165) is 0 Å². The Hall–Kier alpha value is -1.10. The molecule has 1 saturated heterocycles. The van der Waals surface area contributed by atoms with Crippen molar-refractivity contribution in [2.45, 2.75) is 13.0 Å². The molecule has 68 valence electrons. The largest absolute Gasteiger partial charge is 0.480 e. The van der Waals surface area contributed by atoms with Gasteiger partial charge < -0.3 is 15.3 Å². The SMILES string of the molecule is C[C@@H]1NCCN(CC(=O)O)C1=O. The van der Waals surface area contributed by atoms with Gasteiger partial charge in [0.1, 0.15) is 6.54 Å². The number of carbonyl (C=O) groups excluding carboxylic acids is 1. The molecule has 5 nitrogen and oxygen atoms in total. The van der Waals surface area contributed by atoms with Gasteiger partial charge in [0.25, 0.3) is 0 Å². The van der Waals surface area contributed by atoms with E-state index in [1.54, 1.807) is 6.92 Å². The molecule has 0 spiro atoms. The first-order valence-corrected chi connectivity index (χ1v) is 3.85. The summed E-state index contributed by atoms with van der Waals surface area (Å²) >= 11 is 0. The summed E-state index contributed by atoms with van der Waals surface area (Å²) in [5.74, 6) is -1.10. The maximum Gasteiger partial charge on any atom is 0.323 e. The smallest absolute Gasteiger partial charge is 0.323 e. The van der Waals surface area contributed by atoms with Crippen LogP contribution in [0, 0.1) is 0 Å². The van der Waals surface area contributed by atoms with Gasteiger partial charge in [-0.15, -0.1) is 0 Å². The lowest BCUT2D eigenvalue weighted by Gasteiger charge is -2.29. The summed E-state index contributed by atoms with van der Waals surface area (Å²) in [4.78, 5) is 22.9. The van der Waals surface area contributed by atoms with E-state index in [0.29, 0.717) is 13.1 Å². The van der Waals surface area contributed by atoms with Crippen LogP contribution in [0.15, 0.2) is 0 Å². The number of rotatable bonds is 2. The molecule has 0 aromatic heterocycles. The topological polar surface area (TPSA) is 69.6 Å². The number of carbonyl (C=O) groups is 2. The summed E-state index contributed by atoms with van der Waals surface area (Å²) in [6.45, 7) is 2.69. The van der Waals surface area contributed by atoms with E-state index in [2.05, 4.69) is 5.32 Å². The minimum atomic E-state index is -0.961. The Morgan fingerprint density at radius 1 is 1.83 bits per heavy atom. The van der Waals surface area contributed by atoms with E-state index >= 15 is 0 Å². The van der Waals surface area contributed by atoms with Gasteiger partial charge in [-0.3, -0.25) is 9.59 Å². The fourth-order valence-corrected chi connectivity index (χ4v) is 1.21. The molecule has 0 saturated carbocycles. The average molecular weight is 172 g/mol. The second-order valence-electron chi connectivity index (χ2n) is 2.83. The Bertz CT molecular complexity index is 205. The van der Waals surface area contributed by atoms with E-state index in [9.17, 15) is 9.59 Å². The number of nitrogens with zero attached hydrogens (tertiary/aromatic N) is 1. The van der Waals surface area contributed by atoms with Gasteiger partial charge in [-0.25, -0.2) is 0 Å².